The molecular weight excluding hydrogens is 263 g/mol. The molecule has 0 radical (unpaired) electrons. The van der Waals surface area contributed by atoms with Gasteiger partial charge in [0.15, 0.2) is 0 Å². The molecule has 2 nitrogen and oxygen atoms in total. The molecule has 0 bridgehead atoms. The lowest BCUT2D eigenvalue weighted by molar-refractivity contribution is 0.458. The molecule has 1 aliphatic carbocycles. The lowest BCUT2D eigenvalue weighted by Gasteiger charge is -2.26. The fraction of sp³-hybridized carbons (Fsp3) is 0.278. The van der Waals surface area contributed by atoms with E-state index in [4.69, 9.17) is 5.26 Å². The number of fused-ring (bicyclic) bond motifs is 1. The number of nitriles is 1. The molecule has 0 fully saturated rings. The van der Waals surface area contributed by atoms with E-state index in [2.05, 4.69) is 35.7 Å². The second kappa shape index (κ2) is 6.07. The minimum absolute atomic E-state index is 0.282. The second-order valence-electron chi connectivity index (χ2n) is 5.44. The quantitative estimate of drug-likeness (QED) is 0.926. The summed E-state index contributed by atoms with van der Waals surface area (Å²) in [6, 6.07) is 15.2. The number of hydrogen-bond acceptors (Lipinski definition) is 2. The Bertz CT molecular complexity index is 688. The van der Waals surface area contributed by atoms with Crippen LogP contribution >= 0.6 is 0 Å². The predicted octanol–water partition coefficient (Wildman–Crippen LogP) is 3.86. The molecule has 2 aromatic carbocycles. The van der Waals surface area contributed by atoms with Crippen molar-refractivity contribution in [1.29, 1.82) is 5.26 Å². The fourth-order valence-corrected chi connectivity index (χ4v) is 3.02. The maximum atomic E-state index is 13.4. The van der Waals surface area contributed by atoms with Crippen LogP contribution < -0.4 is 5.32 Å². The SMILES string of the molecule is N#Cc1ccc(F)cc1CNC1CCCc2ccccc21. The van der Waals surface area contributed by atoms with E-state index < -0.39 is 0 Å². The third-order valence-corrected chi connectivity index (χ3v) is 4.10. The van der Waals surface area contributed by atoms with E-state index in [1.165, 1.54) is 23.3 Å². The Balaban J connectivity index is 1.78. The molecule has 0 spiro atoms. The van der Waals surface area contributed by atoms with Gasteiger partial charge in [0.2, 0.25) is 0 Å². The monoisotopic (exact) mass is 280 g/mol. The van der Waals surface area contributed by atoms with Crippen LogP contribution in [0.15, 0.2) is 42.5 Å². The molecule has 0 heterocycles. The summed E-state index contributed by atoms with van der Waals surface area (Å²) in [6.07, 6.45) is 3.36. The van der Waals surface area contributed by atoms with Gasteiger partial charge in [-0.1, -0.05) is 24.3 Å². The number of nitrogens with zero attached hydrogens (tertiary/aromatic N) is 1. The zero-order chi connectivity index (χ0) is 14.7. The first-order chi connectivity index (χ1) is 10.3. The molecular formula is C18H17FN2. The van der Waals surface area contributed by atoms with Crippen molar-refractivity contribution in [2.75, 3.05) is 0 Å². The van der Waals surface area contributed by atoms with E-state index in [1.807, 2.05) is 0 Å². The van der Waals surface area contributed by atoms with Crippen molar-refractivity contribution in [3.05, 3.63) is 70.5 Å². The van der Waals surface area contributed by atoms with Crippen LogP contribution in [-0.2, 0) is 13.0 Å². The van der Waals surface area contributed by atoms with Crippen LogP contribution in [0.4, 0.5) is 4.39 Å². The largest absolute Gasteiger partial charge is 0.306 e. The van der Waals surface area contributed by atoms with Gasteiger partial charge < -0.3 is 5.32 Å². The second-order valence-corrected chi connectivity index (χ2v) is 5.44. The minimum Gasteiger partial charge on any atom is -0.306 e. The minimum atomic E-state index is -0.296. The lowest BCUT2D eigenvalue weighted by Crippen LogP contribution is -2.25. The normalized spacial score (nSPS) is 17.0. The molecule has 1 atom stereocenters. The summed E-state index contributed by atoms with van der Waals surface area (Å²) in [5, 5.41) is 12.6. The van der Waals surface area contributed by atoms with Crippen molar-refractivity contribution < 1.29 is 4.39 Å². The van der Waals surface area contributed by atoms with E-state index in [-0.39, 0.29) is 11.9 Å². The lowest BCUT2D eigenvalue weighted by atomic mass is 9.87. The summed E-state index contributed by atoms with van der Waals surface area (Å²) < 4.78 is 13.4. The van der Waals surface area contributed by atoms with Crippen LogP contribution in [0.1, 0.15) is 41.1 Å². The molecule has 21 heavy (non-hydrogen) atoms. The first-order valence-electron chi connectivity index (χ1n) is 7.27. The van der Waals surface area contributed by atoms with Crippen LogP contribution in [0.25, 0.3) is 0 Å². The predicted molar refractivity (Wildman–Crippen MR) is 80.1 cm³/mol. The van der Waals surface area contributed by atoms with Crippen LogP contribution in [0.2, 0.25) is 0 Å². The van der Waals surface area contributed by atoms with Gasteiger partial charge in [0.25, 0.3) is 0 Å². The van der Waals surface area contributed by atoms with Crippen molar-refractivity contribution in [1.82, 2.24) is 5.32 Å². The number of nitrogens with one attached hydrogen (secondary N) is 1. The molecule has 3 rings (SSSR count). The average molecular weight is 280 g/mol. The molecule has 0 saturated heterocycles. The first-order valence-corrected chi connectivity index (χ1v) is 7.27. The number of halogens is 1. The molecule has 3 heteroatoms. The molecule has 1 N–H and O–H groups in total. The highest BCUT2D eigenvalue weighted by atomic mass is 19.1. The highest BCUT2D eigenvalue weighted by Gasteiger charge is 2.19. The van der Waals surface area contributed by atoms with Gasteiger partial charge in [-0.05, 0) is 54.2 Å². The van der Waals surface area contributed by atoms with Crippen molar-refractivity contribution >= 4 is 0 Å². The van der Waals surface area contributed by atoms with Crippen LogP contribution in [-0.4, -0.2) is 0 Å². The molecule has 0 amide bonds. The Morgan fingerprint density at radius 2 is 2.10 bits per heavy atom. The Kier molecular flexibility index (Phi) is 3.98. The van der Waals surface area contributed by atoms with Gasteiger partial charge in [0, 0.05) is 12.6 Å². The Morgan fingerprint density at radius 3 is 2.95 bits per heavy atom. The first kappa shape index (κ1) is 13.8. The third kappa shape index (κ3) is 2.96. The highest BCUT2D eigenvalue weighted by Crippen LogP contribution is 2.29. The summed E-state index contributed by atoms with van der Waals surface area (Å²) in [6.45, 7) is 0.514. The maximum Gasteiger partial charge on any atom is 0.123 e. The van der Waals surface area contributed by atoms with E-state index in [9.17, 15) is 4.39 Å². The zero-order valence-corrected chi connectivity index (χ0v) is 11.8. The Hall–Kier alpha value is -2.18. The summed E-state index contributed by atoms with van der Waals surface area (Å²) >= 11 is 0. The highest BCUT2D eigenvalue weighted by molar-refractivity contribution is 5.38. The zero-order valence-electron chi connectivity index (χ0n) is 11.8. The molecule has 106 valence electrons. The van der Waals surface area contributed by atoms with E-state index in [1.54, 1.807) is 6.07 Å². The summed E-state index contributed by atoms with van der Waals surface area (Å²) in [7, 11) is 0. The topological polar surface area (TPSA) is 35.8 Å². The van der Waals surface area contributed by atoms with Gasteiger partial charge >= 0.3 is 0 Å². The van der Waals surface area contributed by atoms with Gasteiger partial charge in [0.1, 0.15) is 5.82 Å². The van der Waals surface area contributed by atoms with Gasteiger partial charge in [-0.15, -0.1) is 0 Å². The van der Waals surface area contributed by atoms with Crippen molar-refractivity contribution in [2.24, 2.45) is 0 Å². The van der Waals surface area contributed by atoms with Gasteiger partial charge in [-0.2, -0.15) is 5.26 Å². The molecule has 1 aliphatic rings. The summed E-state index contributed by atoms with van der Waals surface area (Å²) in [5.41, 5.74) is 3.98. The average Bonchev–Trinajstić information content (AvgIpc) is 2.53. The Morgan fingerprint density at radius 1 is 1.24 bits per heavy atom. The van der Waals surface area contributed by atoms with E-state index in [0.717, 1.165) is 24.8 Å². The smallest absolute Gasteiger partial charge is 0.123 e. The van der Waals surface area contributed by atoms with Crippen molar-refractivity contribution in [3.8, 4) is 6.07 Å². The maximum absolute atomic E-state index is 13.4. The van der Waals surface area contributed by atoms with E-state index in [0.29, 0.717) is 12.1 Å². The van der Waals surface area contributed by atoms with Crippen LogP contribution in [0, 0.1) is 17.1 Å². The van der Waals surface area contributed by atoms with Gasteiger partial charge in [0.05, 0.1) is 11.6 Å². The van der Waals surface area contributed by atoms with Crippen molar-refractivity contribution in [3.63, 3.8) is 0 Å². The number of benzene rings is 2. The third-order valence-electron chi connectivity index (χ3n) is 4.10. The van der Waals surface area contributed by atoms with Crippen LogP contribution in [0.3, 0.4) is 0 Å². The molecule has 1 unspecified atom stereocenters. The fourth-order valence-electron chi connectivity index (χ4n) is 3.02. The molecule has 0 aromatic heterocycles. The number of aryl methyl sites for hydroxylation is 1. The summed E-state index contributed by atoms with van der Waals surface area (Å²) in [5.74, 6) is -0.296. The Labute approximate surface area is 124 Å². The summed E-state index contributed by atoms with van der Waals surface area (Å²) in [4.78, 5) is 0. The van der Waals surface area contributed by atoms with Crippen molar-refractivity contribution in [2.45, 2.75) is 31.8 Å². The van der Waals surface area contributed by atoms with E-state index >= 15 is 0 Å². The molecule has 0 aliphatic heterocycles. The van der Waals surface area contributed by atoms with Crippen LogP contribution in [0.5, 0.6) is 0 Å². The molecule has 2 aromatic rings. The van der Waals surface area contributed by atoms with Gasteiger partial charge in [-0.25, -0.2) is 4.39 Å². The number of rotatable bonds is 3. The molecule has 0 saturated carbocycles. The number of hydrogen-bond donors (Lipinski definition) is 1. The van der Waals surface area contributed by atoms with Gasteiger partial charge in [-0.3, -0.25) is 0 Å². The standard InChI is InChI=1S/C18H17FN2/c19-16-9-8-14(11-20)15(10-16)12-21-18-7-3-5-13-4-1-2-6-17(13)18/h1-2,4,6,8-10,18,21H,3,5,7,12H2.